The van der Waals surface area contributed by atoms with E-state index in [1.165, 1.54) is 12.0 Å². The molecular formula is C32H34N2O8S. The maximum absolute atomic E-state index is 13.7. The smallest absolute Gasteiger partial charge is 0.350 e. The van der Waals surface area contributed by atoms with Crippen molar-refractivity contribution in [3.05, 3.63) is 69.2 Å². The van der Waals surface area contributed by atoms with Gasteiger partial charge in [0, 0.05) is 12.0 Å². The molecule has 3 heterocycles. The summed E-state index contributed by atoms with van der Waals surface area (Å²) in [6, 6.07) is 9.25. The molecule has 1 aromatic heterocycles. The van der Waals surface area contributed by atoms with Crippen LogP contribution < -0.4 is 19.1 Å². The SMILES string of the molecule is CCCCOc1ccc(C2/C(=C(\O)c3ccc4c(c3)CC(C)O4)C(=O)C(=O)N2c2nc(C)c(C(=O)OCC)s2)cc1OC. The molecule has 5 rings (SSSR count). The molecule has 10 nitrogen and oxygen atoms in total. The van der Waals surface area contributed by atoms with Gasteiger partial charge in [-0.25, -0.2) is 9.78 Å². The average Bonchev–Trinajstić information content (AvgIpc) is 3.64. The van der Waals surface area contributed by atoms with Crippen molar-refractivity contribution in [2.24, 2.45) is 0 Å². The number of methoxy groups -OCH3 is 1. The van der Waals surface area contributed by atoms with Crippen molar-refractivity contribution in [2.45, 2.75) is 59.1 Å². The molecule has 1 N–H and O–H groups in total. The number of aliphatic hydroxyl groups is 1. The van der Waals surface area contributed by atoms with Crippen LogP contribution in [0.15, 0.2) is 42.0 Å². The number of amides is 1. The minimum atomic E-state index is -1.07. The number of fused-ring (bicyclic) bond motifs is 1. The molecule has 11 heteroatoms. The van der Waals surface area contributed by atoms with Gasteiger partial charge in [-0.1, -0.05) is 30.7 Å². The zero-order valence-electron chi connectivity index (χ0n) is 24.8. The third-order valence-electron chi connectivity index (χ3n) is 7.32. The predicted octanol–water partition coefficient (Wildman–Crippen LogP) is 5.77. The van der Waals surface area contributed by atoms with Crippen molar-refractivity contribution in [2.75, 3.05) is 25.2 Å². The molecular weight excluding hydrogens is 572 g/mol. The summed E-state index contributed by atoms with van der Waals surface area (Å²) >= 11 is 0.952. The molecule has 43 heavy (non-hydrogen) atoms. The van der Waals surface area contributed by atoms with Crippen molar-refractivity contribution < 1.29 is 38.4 Å². The molecule has 0 spiro atoms. The Morgan fingerprint density at radius 3 is 2.67 bits per heavy atom. The fourth-order valence-corrected chi connectivity index (χ4v) is 6.23. The molecule has 0 radical (unpaired) electrons. The van der Waals surface area contributed by atoms with Crippen LogP contribution in [0.1, 0.15) is 71.7 Å². The first-order valence-electron chi connectivity index (χ1n) is 14.2. The number of aliphatic hydroxyl groups excluding tert-OH is 1. The summed E-state index contributed by atoms with van der Waals surface area (Å²) in [6.45, 7) is 8.02. The molecule has 0 bridgehead atoms. The van der Waals surface area contributed by atoms with Gasteiger partial charge in [0.2, 0.25) is 0 Å². The van der Waals surface area contributed by atoms with E-state index in [9.17, 15) is 19.5 Å². The number of aromatic nitrogens is 1. The summed E-state index contributed by atoms with van der Waals surface area (Å²) < 4.78 is 22.5. The van der Waals surface area contributed by atoms with Gasteiger partial charge in [0.15, 0.2) is 16.6 Å². The molecule has 3 aromatic rings. The normalized spacial score (nSPS) is 18.9. The number of anilines is 1. The van der Waals surface area contributed by atoms with Crippen LogP contribution in [0.3, 0.4) is 0 Å². The van der Waals surface area contributed by atoms with Gasteiger partial charge >= 0.3 is 11.9 Å². The molecule has 2 aromatic carbocycles. The van der Waals surface area contributed by atoms with E-state index in [1.54, 1.807) is 50.2 Å². The van der Waals surface area contributed by atoms with E-state index in [0.717, 1.165) is 29.7 Å². The number of carbonyl (C=O) groups is 3. The van der Waals surface area contributed by atoms with Gasteiger partial charge in [-0.3, -0.25) is 14.5 Å². The molecule has 226 valence electrons. The van der Waals surface area contributed by atoms with E-state index in [0.29, 0.717) is 47.1 Å². The first-order chi connectivity index (χ1) is 20.7. The maximum Gasteiger partial charge on any atom is 0.350 e. The van der Waals surface area contributed by atoms with Crippen molar-refractivity contribution >= 4 is 39.9 Å². The largest absolute Gasteiger partial charge is 0.507 e. The summed E-state index contributed by atoms with van der Waals surface area (Å²) in [7, 11) is 1.51. The van der Waals surface area contributed by atoms with Gasteiger partial charge in [0.1, 0.15) is 22.5 Å². The van der Waals surface area contributed by atoms with Gasteiger partial charge in [-0.2, -0.15) is 0 Å². The lowest BCUT2D eigenvalue weighted by Crippen LogP contribution is -2.29. The number of ether oxygens (including phenoxy) is 4. The highest BCUT2D eigenvalue weighted by atomic mass is 32.1. The molecule has 1 amide bonds. The Labute approximate surface area is 253 Å². The molecule has 2 unspecified atom stereocenters. The van der Waals surface area contributed by atoms with E-state index in [4.69, 9.17) is 18.9 Å². The first-order valence-corrected chi connectivity index (χ1v) is 15.1. The molecule has 2 aliphatic heterocycles. The zero-order chi connectivity index (χ0) is 30.8. The van der Waals surface area contributed by atoms with Crippen molar-refractivity contribution in [3.8, 4) is 17.2 Å². The lowest BCUT2D eigenvalue weighted by atomic mass is 9.94. The topological polar surface area (TPSA) is 124 Å². The van der Waals surface area contributed by atoms with Crippen molar-refractivity contribution in [1.82, 2.24) is 4.98 Å². The van der Waals surface area contributed by atoms with Crippen LogP contribution in [0.5, 0.6) is 17.2 Å². The minimum absolute atomic E-state index is 0.00904. The number of Topliss-reactive ketones (excluding diaryl/α,β-unsaturated/α-hetero) is 1. The van der Waals surface area contributed by atoms with Crippen LogP contribution in [0, 0.1) is 6.92 Å². The van der Waals surface area contributed by atoms with E-state index >= 15 is 0 Å². The number of carbonyl (C=O) groups excluding carboxylic acids is 3. The number of aryl methyl sites for hydroxylation is 1. The van der Waals surface area contributed by atoms with E-state index in [1.807, 2.05) is 6.92 Å². The summed E-state index contributed by atoms with van der Waals surface area (Å²) in [5.74, 6) is -1.01. The summed E-state index contributed by atoms with van der Waals surface area (Å²) in [4.78, 5) is 45.9. The Morgan fingerprint density at radius 1 is 1.16 bits per heavy atom. The summed E-state index contributed by atoms with van der Waals surface area (Å²) in [6.07, 6.45) is 2.47. The second-order valence-corrected chi connectivity index (χ2v) is 11.3. The van der Waals surface area contributed by atoms with Crippen molar-refractivity contribution in [1.29, 1.82) is 0 Å². The number of thiazole rings is 1. The van der Waals surface area contributed by atoms with Gasteiger partial charge in [0.25, 0.3) is 5.78 Å². The quantitative estimate of drug-likeness (QED) is 0.101. The van der Waals surface area contributed by atoms with Crippen LogP contribution in [-0.4, -0.2) is 54.2 Å². The Balaban J connectivity index is 1.66. The van der Waals surface area contributed by atoms with Crippen LogP contribution in [-0.2, 0) is 20.7 Å². The van der Waals surface area contributed by atoms with Crippen molar-refractivity contribution in [3.63, 3.8) is 0 Å². The van der Waals surface area contributed by atoms with Gasteiger partial charge < -0.3 is 24.1 Å². The second-order valence-electron chi connectivity index (χ2n) is 10.4. The Bertz CT molecular complexity index is 1610. The van der Waals surface area contributed by atoms with Gasteiger partial charge in [-0.05, 0) is 68.7 Å². The zero-order valence-corrected chi connectivity index (χ0v) is 25.6. The molecule has 1 saturated heterocycles. The number of nitrogens with zero attached hydrogens (tertiary/aromatic N) is 2. The number of hydrogen-bond donors (Lipinski definition) is 1. The Morgan fingerprint density at radius 2 is 1.95 bits per heavy atom. The molecule has 2 aliphatic rings. The number of ketones is 1. The predicted molar refractivity (Wildman–Crippen MR) is 161 cm³/mol. The second kappa shape index (κ2) is 12.5. The highest BCUT2D eigenvalue weighted by Gasteiger charge is 2.48. The standard InChI is InChI=1S/C32H34N2O8S/c1-6-8-13-41-23-12-9-19(16-24(23)39-5)26-25(27(35)20-10-11-22-21(15-20)14-17(3)42-22)28(36)30(37)34(26)32-33-18(4)29(43-32)31(38)40-7-2/h9-12,15-17,26,35H,6-8,13-14H2,1-5H3/b27-25+. The molecule has 2 atom stereocenters. The Hall–Kier alpha value is -4.38. The highest BCUT2D eigenvalue weighted by Crippen LogP contribution is 2.46. The lowest BCUT2D eigenvalue weighted by molar-refractivity contribution is -0.132. The molecule has 0 saturated carbocycles. The number of hydrogen-bond acceptors (Lipinski definition) is 10. The van der Waals surface area contributed by atoms with Crippen LogP contribution in [0.4, 0.5) is 5.13 Å². The minimum Gasteiger partial charge on any atom is -0.507 e. The maximum atomic E-state index is 13.7. The average molecular weight is 607 g/mol. The lowest BCUT2D eigenvalue weighted by Gasteiger charge is -2.24. The first kappa shape index (κ1) is 30.1. The Kier molecular flexibility index (Phi) is 8.72. The fourth-order valence-electron chi connectivity index (χ4n) is 5.24. The number of esters is 1. The fraction of sp³-hybridized carbons (Fsp3) is 0.375. The number of rotatable bonds is 10. The van der Waals surface area contributed by atoms with Crippen LogP contribution >= 0.6 is 11.3 Å². The van der Waals surface area contributed by atoms with E-state index in [2.05, 4.69) is 11.9 Å². The van der Waals surface area contributed by atoms with E-state index in [-0.39, 0.29) is 34.1 Å². The van der Waals surface area contributed by atoms with Gasteiger partial charge in [0.05, 0.1) is 37.6 Å². The molecule has 1 fully saturated rings. The van der Waals surface area contributed by atoms with Crippen LogP contribution in [0.25, 0.3) is 5.76 Å². The molecule has 0 aliphatic carbocycles. The van der Waals surface area contributed by atoms with Gasteiger partial charge in [-0.15, -0.1) is 0 Å². The monoisotopic (exact) mass is 606 g/mol. The number of benzene rings is 2. The summed E-state index contributed by atoms with van der Waals surface area (Å²) in [5.41, 5.74) is 2.03. The third kappa shape index (κ3) is 5.69. The van der Waals surface area contributed by atoms with Crippen LogP contribution in [0.2, 0.25) is 0 Å². The summed E-state index contributed by atoms with van der Waals surface area (Å²) in [5, 5.41) is 11.8. The van der Waals surface area contributed by atoms with E-state index < -0.39 is 23.7 Å². The third-order valence-corrected chi connectivity index (χ3v) is 8.46. The number of unbranched alkanes of at least 4 members (excludes halogenated alkanes) is 1. The highest BCUT2D eigenvalue weighted by molar-refractivity contribution is 7.17.